The largest absolute Gasteiger partial charge is 0.454 e. The van der Waals surface area contributed by atoms with Crippen LogP contribution >= 0.6 is 0 Å². The summed E-state index contributed by atoms with van der Waals surface area (Å²) in [6.07, 6.45) is 0.344. The number of Topliss-reactive ketones (excluding diaryl/α,β-unsaturated/α-hetero) is 1. The molecule has 0 saturated carbocycles. The molecule has 170 valence electrons. The first-order chi connectivity index (χ1) is 15.2. The first-order valence-corrected chi connectivity index (χ1v) is 10.5. The smallest absolute Gasteiger partial charge is 0.329 e. The van der Waals surface area contributed by atoms with Crippen molar-refractivity contribution in [1.29, 1.82) is 0 Å². The van der Waals surface area contributed by atoms with E-state index in [2.05, 4.69) is 10.6 Å². The first kappa shape index (κ1) is 24.8. The van der Waals surface area contributed by atoms with Crippen LogP contribution in [0, 0.1) is 12.8 Å². The van der Waals surface area contributed by atoms with E-state index in [1.54, 1.807) is 32.0 Å². The Balaban J connectivity index is 1.93. The predicted octanol–water partition coefficient (Wildman–Crippen LogP) is 2.61. The molecule has 2 amide bonds. The van der Waals surface area contributed by atoms with E-state index < -0.39 is 36.5 Å². The zero-order valence-electron chi connectivity index (χ0n) is 18.9. The highest BCUT2D eigenvalue weighted by atomic mass is 16.5. The summed E-state index contributed by atoms with van der Waals surface area (Å²) in [5.41, 5.74) is 2.27. The van der Waals surface area contributed by atoms with Gasteiger partial charge in [-0.2, -0.15) is 0 Å². The van der Waals surface area contributed by atoms with Gasteiger partial charge in [-0.25, -0.2) is 4.79 Å². The van der Waals surface area contributed by atoms with Crippen LogP contribution in [0.1, 0.15) is 42.3 Å². The van der Waals surface area contributed by atoms with Gasteiger partial charge in [-0.1, -0.05) is 61.9 Å². The van der Waals surface area contributed by atoms with E-state index in [-0.39, 0.29) is 11.7 Å². The van der Waals surface area contributed by atoms with Gasteiger partial charge in [-0.15, -0.1) is 0 Å². The Morgan fingerprint density at radius 1 is 0.938 bits per heavy atom. The molecule has 0 fully saturated rings. The molecule has 2 aromatic carbocycles. The second-order valence-electron chi connectivity index (χ2n) is 8.09. The molecular weight excluding hydrogens is 408 g/mol. The summed E-state index contributed by atoms with van der Waals surface area (Å²) in [4.78, 5) is 49.3. The number of aryl methyl sites for hydroxylation is 1. The second kappa shape index (κ2) is 11.8. The van der Waals surface area contributed by atoms with Crippen LogP contribution in [0.2, 0.25) is 0 Å². The van der Waals surface area contributed by atoms with Crippen LogP contribution in [-0.2, 0) is 25.5 Å². The van der Waals surface area contributed by atoms with Crippen molar-refractivity contribution in [1.82, 2.24) is 10.6 Å². The molecule has 0 saturated heterocycles. The number of rotatable bonds is 10. The lowest BCUT2D eigenvalue weighted by molar-refractivity contribution is -0.151. The van der Waals surface area contributed by atoms with E-state index in [4.69, 9.17) is 4.74 Å². The minimum atomic E-state index is -0.913. The highest BCUT2D eigenvalue weighted by molar-refractivity contribution is 5.97. The maximum absolute atomic E-state index is 12.5. The summed E-state index contributed by atoms with van der Waals surface area (Å²) < 4.78 is 5.14. The van der Waals surface area contributed by atoms with Gasteiger partial charge in [0, 0.05) is 5.56 Å². The molecule has 7 heteroatoms. The lowest BCUT2D eigenvalue weighted by Gasteiger charge is -2.21. The van der Waals surface area contributed by atoms with Crippen LogP contribution in [0.25, 0.3) is 0 Å². The van der Waals surface area contributed by atoms with Gasteiger partial charge in [0.25, 0.3) is 11.8 Å². The summed E-state index contributed by atoms with van der Waals surface area (Å²) >= 11 is 0. The number of hydrogen-bond donors (Lipinski definition) is 2. The van der Waals surface area contributed by atoms with Crippen LogP contribution in [-0.4, -0.2) is 42.3 Å². The lowest BCUT2D eigenvalue weighted by atomic mass is 10.0. The number of amides is 2. The van der Waals surface area contributed by atoms with Gasteiger partial charge in [0.05, 0.1) is 6.04 Å². The molecule has 2 N–H and O–H groups in total. The zero-order chi connectivity index (χ0) is 23.7. The fourth-order valence-corrected chi connectivity index (χ4v) is 3.12. The Morgan fingerprint density at radius 2 is 1.62 bits per heavy atom. The first-order valence-electron chi connectivity index (χ1n) is 10.5. The molecule has 2 aromatic rings. The maximum Gasteiger partial charge on any atom is 0.329 e. The minimum Gasteiger partial charge on any atom is -0.454 e. The summed E-state index contributed by atoms with van der Waals surface area (Å²) in [7, 11) is 0. The number of nitrogens with one attached hydrogen (secondary N) is 2. The van der Waals surface area contributed by atoms with E-state index >= 15 is 0 Å². The molecule has 32 heavy (non-hydrogen) atoms. The Morgan fingerprint density at radius 3 is 2.22 bits per heavy atom. The van der Waals surface area contributed by atoms with Crippen molar-refractivity contribution in [3.63, 3.8) is 0 Å². The zero-order valence-corrected chi connectivity index (χ0v) is 18.9. The van der Waals surface area contributed by atoms with Crippen LogP contribution in [0.15, 0.2) is 54.6 Å². The molecule has 0 radical (unpaired) electrons. The van der Waals surface area contributed by atoms with Crippen molar-refractivity contribution >= 4 is 23.6 Å². The van der Waals surface area contributed by atoms with Crippen molar-refractivity contribution < 1.29 is 23.9 Å². The quantitative estimate of drug-likeness (QED) is 0.555. The summed E-state index contributed by atoms with van der Waals surface area (Å²) in [5.74, 6) is -2.13. The van der Waals surface area contributed by atoms with E-state index in [1.807, 2.05) is 43.3 Å². The van der Waals surface area contributed by atoms with Crippen molar-refractivity contribution in [2.45, 2.75) is 46.2 Å². The molecule has 0 heterocycles. The van der Waals surface area contributed by atoms with Crippen LogP contribution in [0.3, 0.4) is 0 Å². The second-order valence-corrected chi connectivity index (χ2v) is 8.09. The number of carbonyl (C=O) groups excluding carboxylic acids is 4. The van der Waals surface area contributed by atoms with Gasteiger partial charge in [0.15, 0.2) is 12.4 Å². The number of carbonyl (C=O) groups is 4. The Kier molecular flexibility index (Phi) is 9.13. The number of ketones is 1. The Labute approximate surface area is 188 Å². The Bertz CT molecular complexity index is 956. The standard InChI is InChI=1S/C25H30N2O5/c1-16(2)23(27-24(30)20-12-8-9-17(3)13-20)25(31)32-15-22(29)26-21(18(4)28)14-19-10-6-5-7-11-19/h5-13,16,21,23H,14-15H2,1-4H3,(H,26,29)(H,27,30)/t21?,23-/m0/s1. The van der Waals surface area contributed by atoms with Gasteiger partial charge in [0.1, 0.15) is 6.04 Å². The average molecular weight is 439 g/mol. The summed E-state index contributed by atoms with van der Waals surface area (Å²) in [5, 5.41) is 5.28. The molecule has 0 aliphatic heterocycles. The van der Waals surface area contributed by atoms with Gasteiger partial charge in [-0.05, 0) is 43.9 Å². The highest BCUT2D eigenvalue weighted by Gasteiger charge is 2.27. The molecule has 0 aromatic heterocycles. The summed E-state index contributed by atoms with van der Waals surface area (Å²) in [6, 6.07) is 14.7. The van der Waals surface area contributed by atoms with Crippen molar-refractivity contribution in [2.75, 3.05) is 6.61 Å². The van der Waals surface area contributed by atoms with Crippen molar-refractivity contribution in [3.05, 3.63) is 71.3 Å². The Hall–Kier alpha value is -3.48. The van der Waals surface area contributed by atoms with Gasteiger partial charge >= 0.3 is 5.97 Å². The molecule has 7 nitrogen and oxygen atoms in total. The third kappa shape index (κ3) is 7.65. The van der Waals surface area contributed by atoms with E-state index in [9.17, 15) is 19.2 Å². The average Bonchev–Trinajstić information content (AvgIpc) is 2.75. The van der Waals surface area contributed by atoms with E-state index in [0.717, 1.165) is 11.1 Å². The fourth-order valence-electron chi connectivity index (χ4n) is 3.12. The summed E-state index contributed by atoms with van der Waals surface area (Å²) in [6.45, 7) is 6.27. The maximum atomic E-state index is 12.5. The number of benzene rings is 2. The van der Waals surface area contributed by atoms with E-state index in [0.29, 0.717) is 12.0 Å². The molecule has 1 unspecified atom stereocenters. The molecule has 2 atom stereocenters. The van der Waals surface area contributed by atoms with Crippen LogP contribution < -0.4 is 10.6 Å². The number of esters is 1. The molecule has 0 bridgehead atoms. The lowest BCUT2D eigenvalue weighted by Crippen LogP contribution is -2.47. The SMILES string of the molecule is CC(=O)C(Cc1ccccc1)NC(=O)COC(=O)[C@@H](NC(=O)c1cccc(C)c1)C(C)C. The molecule has 2 rings (SSSR count). The molecule has 0 aliphatic carbocycles. The molecular formula is C25H30N2O5. The topological polar surface area (TPSA) is 102 Å². The van der Waals surface area contributed by atoms with Gasteiger partial charge in [-0.3, -0.25) is 14.4 Å². The predicted molar refractivity (Wildman–Crippen MR) is 121 cm³/mol. The minimum absolute atomic E-state index is 0.195. The fraction of sp³-hybridized carbons (Fsp3) is 0.360. The molecule has 0 aliphatic rings. The van der Waals surface area contributed by atoms with Gasteiger partial charge in [0.2, 0.25) is 0 Å². The third-order valence-electron chi connectivity index (χ3n) is 4.94. The van der Waals surface area contributed by atoms with Crippen molar-refractivity contribution in [2.24, 2.45) is 5.92 Å². The van der Waals surface area contributed by atoms with Crippen LogP contribution in [0.4, 0.5) is 0 Å². The number of hydrogen-bond acceptors (Lipinski definition) is 5. The number of ether oxygens (including phenoxy) is 1. The monoisotopic (exact) mass is 438 g/mol. The van der Waals surface area contributed by atoms with Crippen molar-refractivity contribution in [3.8, 4) is 0 Å². The third-order valence-corrected chi connectivity index (χ3v) is 4.94. The van der Waals surface area contributed by atoms with E-state index in [1.165, 1.54) is 6.92 Å². The normalized spacial score (nSPS) is 12.5. The van der Waals surface area contributed by atoms with Gasteiger partial charge < -0.3 is 15.4 Å². The highest BCUT2D eigenvalue weighted by Crippen LogP contribution is 2.09. The molecule has 0 spiro atoms. The van der Waals surface area contributed by atoms with Crippen LogP contribution in [0.5, 0.6) is 0 Å².